The molecular weight excluding hydrogens is 466 g/mol. The molecule has 0 saturated carbocycles. The molecule has 112 valence electrons. The zero-order valence-electron chi connectivity index (χ0n) is 11.5. The van der Waals surface area contributed by atoms with Crippen LogP contribution in [0.15, 0.2) is 40.9 Å². The zero-order valence-corrected chi connectivity index (χ0v) is 16.0. The van der Waals surface area contributed by atoms with Crippen LogP contribution in [0.4, 0.5) is 0 Å². The molecule has 0 aromatic heterocycles. The normalized spacial score (nSPS) is 10.5. The molecule has 0 spiro atoms. The number of halogens is 3. The van der Waals surface area contributed by atoms with Crippen molar-refractivity contribution in [3.8, 4) is 11.5 Å². The van der Waals surface area contributed by atoms with Crippen LogP contribution >= 0.6 is 50.1 Å². The first-order valence-corrected chi connectivity index (χ1v) is 8.93. The van der Waals surface area contributed by atoms with Crippen molar-refractivity contribution < 1.29 is 9.47 Å². The van der Waals surface area contributed by atoms with Crippen molar-refractivity contribution in [1.29, 1.82) is 0 Å². The Hall–Kier alpha value is -0.460. The Morgan fingerprint density at radius 3 is 2.43 bits per heavy atom. The van der Waals surface area contributed by atoms with Crippen LogP contribution in [0.1, 0.15) is 18.1 Å². The average Bonchev–Trinajstić information content (AvgIpc) is 2.48. The maximum atomic E-state index is 5.93. The molecule has 21 heavy (non-hydrogen) atoms. The molecule has 0 aliphatic carbocycles. The Bertz CT molecular complexity index is 602. The summed E-state index contributed by atoms with van der Waals surface area (Å²) in [6, 6.07) is 12.1. The van der Waals surface area contributed by atoms with Crippen LogP contribution in [0.5, 0.6) is 11.5 Å². The Morgan fingerprint density at radius 1 is 1.10 bits per heavy atom. The first-order valence-electron chi connectivity index (χ1n) is 6.52. The summed E-state index contributed by atoms with van der Waals surface area (Å²) in [5.41, 5.74) is 2.11. The molecule has 0 heterocycles. The molecule has 0 unspecified atom stereocenters. The lowest BCUT2D eigenvalue weighted by atomic mass is 10.2. The van der Waals surface area contributed by atoms with Gasteiger partial charge in [-0.2, -0.15) is 0 Å². The van der Waals surface area contributed by atoms with Crippen molar-refractivity contribution in [2.75, 3.05) is 6.61 Å². The fourth-order valence-electron chi connectivity index (χ4n) is 1.84. The van der Waals surface area contributed by atoms with E-state index in [0.29, 0.717) is 30.6 Å². The molecule has 2 aromatic carbocycles. The van der Waals surface area contributed by atoms with Crippen LogP contribution in [0.2, 0.25) is 0 Å². The van der Waals surface area contributed by atoms with E-state index in [9.17, 15) is 0 Å². The van der Waals surface area contributed by atoms with Gasteiger partial charge in [0, 0.05) is 9.45 Å². The number of hydrogen-bond acceptors (Lipinski definition) is 2. The molecule has 2 nitrogen and oxygen atoms in total. The van der Waals surface area contributed by atoms with Gasteiger partial charge in [-0.25, -0.2) is 0 Å². The number of benzene rings is 2. The number of rotatable bonds is 6. The molecule has 0 radical (unpaired) electrons. The monoisotopic (exact) mass is 480 g/mol. The van der Waals surface area contributed by atoms with Crippen LogP contribution < -0.4 is 9.47 Å². The van der Waals surface area contributed by atoms with Crippen molar-refractivity contribution >= 4 is 50.1 Å². The first-order chi connectivity index (χ1) is 10.1. The summed E-state index contributed by atoms with van der Waals surface area (Å²) in [5.74, 6) is 1.87. The number of ether oxygens (including phenoxy) is 2. The van der Waals surface area contributed by atoms with Crippen LogP contribution in [0.25, 0.3) is 0 Å². The number of alkyl halides is 1. The van der Waals surface area contributed by atoms with E-state index in [1.165, 1.54) is 3.57 Å². The predicted molar refractivity (Wildman–Crippen MR) is 98.4 cm³/mol. The summed E-state index contributed by atoms with van der Waals surface area (Å²) in [4.78, 5) is 0. The summed E-state index contributed by atoms with van der Waals surface area (Å²) in [6.45, 7) is 3.03. The van der Waals surface area contributed by atoms with E-state index in [0.717, 1.165) is 15.6 Å². The molecule has 0 amide bonds. The minimum Gasteiger partial charge on any atom is -0.490 e. The van der Waals surface area contributed by atoms with Crippen molar-refractivity contribution in [2.24, 2.45) is 0 Å². The Morgan fingerprint density at radius 2 is 1.81 bits per heavy atom. The zero-order chi connectivity index (χ0) is 15.2. The van der Waals surface area contributed by atoms with E-state index in [1.807, 2.05) is 19.1 Å². The lowest BCUT2D eigenvalue weighted by Gasteiger charge is -2.15. The molecule has 0 aliphatic heterocycles. The van der Waals surface area contributed by atoms with Crippen molar-refractivity contribution in [1.82, 2.24) is 0 Å². The summed E-state index contributed by atoms with van der Waals surface area (Å²) >= 11 is 11.7. The van der Waals surface area contributed by atoms with Gasteiger partial charge < -0.3 is 9.47 Å². The van der Waals surface area contributed by atoms with Crippen LogP contribution in [-0.4, -0.2) is 6.61 Å². The van der Waals surface area contributed by atoms with Crippen molar-refractivity contribution in [3.05, 3.63) is 55.6 Å². The second-order valence-electron chi connectivity index (χ2n) is 4.39. The lowest BCUT2D eigenvalue weighted by molar-refractivity contribution is 0.267. The fourth-order valence-corrected chi connectivity index (χ4v) is 2.96. The molecule has 2 rings (SSSR count). The van der Waals surface area contributed by atoms with Crippen LogP contribution in [0.3, 0.4) is 0 Å². The van der Waals surface area contributed by atoms with Gasteiger partial charge >= 0.3 is 0 Å². The van der Waals surface area contributed by atoms with Gasteiger partial charge in [0.2, 0.25) is 0 Å². The number of hydrogen-bond donors (Lipinski definition) is 0. The van der Waals surface area contributed by atoms with Crippen molar-refractivity contribution in [3.63, 3.8) is 0 Å². The molecule has 0 fully saturated rings. The van der Waals surface area contributed by atoms with E-state index in [-0.39, 0.29) is 0 Å². The molecule has 0 aliphatic rings. The van der Waals surface area contributed by atoms with Gasteiger partial charge in [-0.05, 0) is 80.8 Å². The molecule has 0 atom stereocenters. The minimum atomic E-state index is 0.441. The predicted octanol–water partition coefficient (Wildman–Crippen LogP) is 5.77. The van der Waals surface area contributed by atoms with Gasteiger partial charge in [-0.1, -0.05) is 12.1 Å². The van der Waals surface area contributed by atoms with Gasteiger partial charge in [0.1, 0.15) is 6.61 Å². The molecule has 0 N–H and O–H groups in total. The Balaban J connectivity index is 2.19. The highest BCUT2D eigenvalue weighted by Crippen LogP contribution is 2.37. The third kappa shape index (κ3) is 4.76. The third-order valence-electron chi connectivity index (χ3n) is 2.82. The molecular formula is C16H15BrClIO2. The molecule has 5 heteroatoms. The lowest BCUT2D eigenvalue weighted by Crippen LogP contribution is -2.01. The highest BCUT2D eigenvalue weighted by atomic mass is 127. The van der Waals surface area contributed by atoms with E-state index in [2.05, 4.69) is 62.8 Å². The average molecular weight is 482 g/mol. The standard InChI is InChI=1S/C16H15BrClIO2/c1-2-20-15-8-12(9-18)7-14(17)16(15)21-10-11-3-5-13(19)6-4-11/h3-8H,2,9-10H2,1H3. The highest BCUT2D eigenvalue weighted by Gasteiger charge is 2.12. The maximum absolute atomic E-state index is 5.93. The largest absolute Gasteiger partial charge is 0.490 e. The SMILES string of the molecule is CCOc1cc(CCl)cc(Br)c1OCc1ccc(I)cc1. The third-order valence-corrected chi connectivity index (χ3v) is 4.44. The van der Waals surface area contributed by atoms with Gasteiger partial charge in [0.05, 0.1) is 11.1 Å². The van der Waals surface area contributed by atoms with Gasteiger partial charge in [-0.3, -0.25) is 0 Å². The Kier molecular flexibility index (Phi) is 6.64. The highest BCUT2D eigenvalue weighted by molar-refractivity contribution is 14.1. The van der Waals surface area contributed by atoms with Gasteiger partial charge in [0.25, 0.3) is 0 Å². The minimum absolute atomic E-state index is 0.441. The molecule has 0 saturated heterocycles. The summed E-state index contributed by atoms with van der Waals surface area (Å²) in [5, 5.41) is 0. The van der Waals surface area contributed by atoms with E-state index in [1.54, 1.807) is 0 Å². The molecule has 0 bridgehead atoms. The van der Waals surface area contributed by atoms with Crippen LogP contribution in [-0.2, 0) is 12.5 Å². The summed E-state index contributed by atoms with van der Waals surface area (Å²) in [7, 11) is 0. The smallest absolute Gasteiger partial charge is 0.175 e. The van der Waals surface area contributed by atoms with Crippen LogP contribution in [0, 0.1) is 3.57 Å². The second kappa shape index (κ2) is 8.25. The fraction of sp³-hybridized carbons (Fsp3) is 0.250. The summed E-state index contributed by atoms with van der Waals surface area (Å²) in [6.07, 6.45) is 0. The van der Waals surface area contributed by atoms with Gasteiger partial charge in [-0.15, -0.1) is 11.6 Å². The second-order valence-corrected chi connectivity index (χ2v) is 6.75. The van der Waals surface area contributed by atoms with E-state index < -0.39 is 0 Å². The van der Waals surface area contributed by atoms with E-state index >= 15 is 0 Å². The first kappa shape index (κ1) is 16.9. The molecule has 2 aromatic rings. The van der Waals surface area contributed by atoms with Crippen molar-refractivity contribution in [2.45, 2.75) is 19.4 Å². The van der Waals surface area contributed by atoms with Gasteiger partial charge in [0.15, 0.2) is 11.5 Å². The summed E-state index contributed by atoms with van der Waals surface area (Å²) < 4.78 is 13.6. The Labute approximate surface area is 152 Å². The van der Waals surface area contributed by atoms with E-state index in [4.69, 9.17) is 21.1 Å². The topological polar surface area (TPSA) is 18.5 Å². The quantitative estimate of drug-likeness (QED) is 0.385. The maximum Gasteiger partial charge on any atom is 0.175 e.